The third-order valence-electron chi connectivity index (χ3n) is 4.41. The van der Waals surface area contributed by atoms with Gasteiger partial charge in [-0.15, -0.1) is 0 Å². The van der Waals surface area contributed by atoms with Gasteiger partial charge in [0.15, 0.2) is 0 Å². The van der Waals surface area contributed by atoms with Crippen LogP contribution in [0.25, 0.3) is 22.6 Å². The molecule has 0 radical (unpaired) electrons. The molecule has 4 rings (SSSR count). The SMILES string of the molecule is O=C(O)c1ccc2nc3n(c(=O)c2c1)CCC3=Cc1c(Cl)cccc1Cl. The molecule has 0 unspecified atom stereocenters. The molecule has 26 heavy (non-hydrogen) atoms. The van der Waals surface area contributed by atoms with E-state index in [2.05, 4.69) is 4.98 Å². The van der Waals surface area contributed by atoms with Gasteiger partial charge in [-0.3, -0.25) is 9.36 Å². The fourth-order valence-electron chi connectivity index (χ4n) is 3.11. The van der Waals surface area contributed by atoms with Gasteiger partial charge in [0.1, 0.15) is 5.82 Å². The van der Waals surface area contributed by atoms with Crippen molar-refractivity contribution in [3.05, 3.63) is 73.7 Å². The molecule has 0 bridgehead atoms. The first kappa shape index (κ1) is 16.8. The molecule has 5 nitrogen and oxygen atoms in total. The van der Waals surface area contributed by atoms with E-state index < -0.39 is 5.97 Å². The van der Waals surface area contributed by atoms with E-state index in [0.717, 1.165) is 5.57 Å². The molecule has 0 atom stereocenters. The van der Waals surface area contributed by atoms with Gasteiger partial charge in [-0.1, -0.05) is 29.3 Å². The molecular formula is C19H12Cl2N2O3. The fraction of sp³-hybridized carbons (Fsp3) is 0.105. The van der Waals surface area contributed by atoms with Crippen LogP contribution in [0.3, 0.4) is 0 Å². The molecule has 0 saturated heterocycles. The molecule has 0 spiro atoms. The number of fused-ring (bicyclic) bond motifs is 2. The number of benzene rings is 2. The summed E-state index contributed by atoms with van der Waals surface area (Å²) in [4.78, 5) is 28.5. The lowest BCUT2D eigenvalue weighted by molar-refractivity contribution is 0.0697. The quantitative estimate of drug-likeness (QED) is 0.710. The Morgan fingerprint density at radius 2 is 1.92 bits per heavy atom. The van der Waals surface area contributed by atoms with E-state index in [1.807, 2.05) is 6.08 Å². The van der Waals surface area contributed by atoms with Gasteiger partial charge in [0, 0.05) is 22.2 Å². The Kier molecular flexibility index (Phi) is 4.05. The average molecular weight is 387 g/mol. The van der Waals surface area contributed by atoms with Crippen molar-refractivity contribution in [3.8, 4) is 0 Å². The summed E-state index contributed by atoms with van der Waals surface area (Å²) in [5, 5.41) is 10.5. The van der Waals surface area contributed by atoms with Crippen molar-refractivity contribution >= 4 is 51.7 Å². The summed E-state index contributed by atoms with van der Waals surface area (Å²) in [7, 11) is 0. The average Bonchev–Trinajstić information content (AvgIpc) is 3.01. The molecule has 2 heterocycles. The van der Waals surface area contributed by atoms with Gasteiger partial charge in [-0.2, -0.15) is 0 Å². The molecule has 0 fully saturated rings. The molecule has 0 amide bonds. The lowest BCUT2D eigenvalue weighted by Crippen LogP contribution is -2.21. The van der Waals surface area contributed by atoms with Crippen molar-refractivity contribution in [2.24, 2.45) is 0 Å². The standard InChI is InChI=1S/C19H12Cl2N2O3/c20-14-2-1-3-15(21)12(14)8-10-6-7-23-17(10)22-16-5-4-11(19(25)26)9-13(16)18(23)24/h1-5,8-9H,6-7H2,(H,25,26). The number of allylic oxidation sites excluding steroid dienone is 1. The highest BCUT2D eigenvalue weighted by molar-refractivity contribution is 6.37. The summed E-state index contributed by atoms with van der Waals surface area (Å²) in [5.41, 5.74) is 1.83. The van der Waals surface area contributed by atoms with E-state index in [1.54, 1.807) is 28.8 Å². The molecule has 0 aliphatic carbocycles. The van der Waals surface area contributed by atoms with E-state index >= 15 is 0 Å². The number of aromatic carboxylic acids is 1. The summed E-state index contributed by atoms with van der Waals surface area (Å²) < 4.78 is 1.56. The second-order valence-corrected chi connectivity index (χ2v) is 6.80. The lowest BCUT2D eigenvalue weighted by atomic mass is 10.1. The smallest absolute Gasteiger partial charge is 0.335 e. The summed E-state index contributed by atoms with van der Waals surface area (Å²) in [6, 6.07) is 9.64. The van der Waals surface area contributed by atoms with E-state index in [9.17, 15) is 9.59 Å². The first-order valence-electron chi connectivity index (χ1n) is 7.88. The maximum atomic E-state index is 12.8. The number of hydrogen-bond donors (Lipinski definition) is 1. The Balaban J connectivity index is 1.91. The Morgan fingerprint density at radius 1 is 1.19 bits per heavy atom. The predicted molar refractivity (Wildman–Crippen MR) is 102 cm³/mol. The minimum atomic E-state index is -1.08. The first-order valence-corrected chi connectivity index (χ1v) is 8.64. The van der Waals surface area contributed by atoms with Gasteiger partial charge >= 0.3 is 5.97 Å². The number of rotatable bonds is 2. The molecule has 1 aliphatic rings. The second kappa shape index (κ2) is 6.27. The molecule has 1 aromatic heterocycles. The first-order chi connectivity index (χ1) is 12.5. The fourth-order valence-corrected chi connectivity index (χ4v) is 3.62. The zero-order valence-electron chi connectivity index (χ0n) is 13.4. The highest BCUT2D eigenvalue weighted by Crippen LogP contribution is 2.32. The Morgan fingerprint density at radius 3 is 2.62 bits per heavy atom. The Hall–Kier alpha value is -2.63. The van der Waals surface area contributed by atoms with Crippen LogP contribution in [-0.4, -0.2) is 20.6 Å². The molecule has 0 saturated carbocycles. The van der Waals surface area contributed by atoms with Gasteiger partial charge < -0.3 is 5.11 Å². The van der Waals surface area contributed by atoms with E-state index in [0.29, 0.717) is 45.3 Å². The third-order valence-corrected chi connectivity index (χ3v) is 5.07. The van der Waals surface area contributed by atoms with Crippen LogP contribution in [0, 0.1) is 0 Å². The van der Waals surface area contributed by atoms with Crippen LogP contribution in [-0.2, 0) is 6.54 Å². The number of hydrogen-bond acceptors (Lipinski definition) is 3. The van der Waals surface area contributed by atoms with Gasteiger partial charge in [0.25, 0.3) is 5.56 Å². The lowest BCUT2D eigenvalue weighted by Gasteiger charge is -2.07. The number of carbonyl (C=O) groups is 1. The highest BCUT2D eigenvalue weighted by atomic mass is 35.5. The van der Waals surface area contributed by atoms with Crippen molar-refractivity contribution in [1.82, 2.24) is 9.55 Å². The maximum absolute atomic E-state index is 12.8. The van der Waals surface area contributed by atoms with Crippen molar-refractivity contribution in [2.75, 3.05) is 0 Å². The maximum Gasteiger partial charge on any atom is 0.335 e. The van der Waals surface area contributed by atoms with E-state index in [1.165, 1.54) is 12.1 Å². The largest absolute Gasteiger partial charge is 0.478 e. The van der Waals surface area contributed by atoms with Gasteiger partial charge in [0.2, 0.25) is 0 Å². The third kappa shape index (κ3) is 2.69. The predicted octanol–water partition coefficient (Wildman–Crippen LogP) is 4.35. The summed E-state index contributed by atoms with van der Waals surface area (Å²) >= 11 is 12.5. The van der Waals surface area contributed by atoms with Crippen LogP contribution in [0.4, 0.5) is 0 Å². The molecule has 7 heteroatoms. The molecule has 1 N–H and O–H groups in total. The van der Waals surface area contributed by atoms with E-state index in [4.69, 9.17) is 28.3 Å². The van der Waals surface area contributed by atoms with Crippen LogP contribution in [0.2, 0.25) is 10.0 Å². The van der Waals surface area contributed by atoms with E-state index in [-0.39, 0.29) is 11.1 Å². The zero-order valence-corrected chi connectivity index (χ0v) is 14.9. The van der Waals surface area contributed by atoms with Crippen LogP contribution >= 0.6 is 23.2 Å². The molecule has 130 valence electrons. The van der Waals surface area contributed by atoms with Crippen molar-refractivity contribution in [1.29, 1.82) is 0 Å². The van der Waals surface area contributed by atoms with Crippen LogP contribution in [0.1, 0.15) is 28.2 Å². The minimum Gasteiger partial charge on any atom is -0.478 e. The van der Waals surface area contributed by atoms with Crippen molar-refractivity contribution in [2.45, 2.75) is 13.0 Å². The molecule has 1 aliphatic heterocycles. The number of carboxylic acid groups (broad SMARTS) is 1. The number of halogens is 2. The Bertz CT molecular complexity index is 1150. The summed E-state index contributed by atoms with van der Waals surface area (Å²) in [6.07, 6.45) is 2.47. The molecule has 2 aromatic carbocycles. The van der Waals surface area contributed by atoms with Gasteiger partial charge in [-0.05, 0) is 48.4 Å². The van der Waals surface area contributed by atoms with Gasteiger partial charge in [0.05, 0.1) is 16.5 Å². The topological polar surface area (TPSA) is 72.2 Å². The van der Waals surface area contributed by atoms with Crippen LogP contribution in [0.5, 0.6) is 0 Å². The van der Waals surface area contributed by atoms with Crippen molar-refractivity contribution in [3.63, 3.8) is 0 Å². The second-order valence-electron chi connectivity index (χ2n) is 5.98. The minimum absolute atomic E-state index is 0.0635. The number of carboxylic acids is 1. The summed E-state index contributed by atoms with van der Waals surface area (Å²) in [6.45, 7) is 0.475. The zero-order chi connectivity index (χ0) is 18.4. The number of aromatic nitrogens is 2. The monoisotopic (exact) mass is 386 g/mol. The molecular weight excluding hydrogens is 375 g/mol. The Labute approximate surface area is 158 Å². The van der Waals surface area contributed by atoms with Gasteiger partial charge in [-0.25, -0.2) is 9.78 Å². The van der Waals surface area contributed by atoms with Crippen molar-refractivity contribution < 1.29 is 9.90 Å². The van der Waals surface area contributed by atoms with Crippen LogP contribution in [0.15, 0.2) is 41.2 Å². The highest BCUT2D eigenvalue weighted by Gasteiger charge is 2.22. The summed E-state index contributed by atoms with van der Waals surface area (Å²) in [5.74, 6) is -0.521. The normalized spacial score (nSPS) is 14.8. The number of nitrogens with zero attached hydrogens (tertiary/aromatic N) is 2. The van der Waals surface area contributed by atoms with Crippen LogP contribution < -0.4 is 5.56 Å². The molecule has 3 aromatic rings.